The molecular formula is C13H20N6O2. The van der Waals surface area contributed by atoms with Gasteiger partial charge in [0.1, 0.15) is 0 Å². The zero-order valence-corrected chi connectivity index (χ0v) is 12.5. The van der Waals surface area contributed by atoms with Gasteiger partial charge in [0.2, 0.25) is 11.9 Å². The van der Waals surface area contributed by atoms with E-state index in [1.807, 2.05) is 13.8 Å². The molecule has 2 aromatic rings. The molecular weight excluding hydrogens is 272 g/mol. The van der Waals surface area contributed by atoms with Crippen molar-refractivity contribution in [3.63, 3.8) is 0 Å². The summed E-state index contributed by atoms with van der Waals surface area (Å²) in [5.74, 6) is 1.61. The third kappa shape index (κ3) is 4.90. The number of ether oxygens (including phenoxy) is 1. The monoisotopic (exact) mass is 292 g/mol. The fourth-order valence-corrected chi connectivity index (χ4v) is 1.51. The van der Waals surface area contributed by atoms with Crippen molar-refractivity contribution < 1.29 is 9.26 Å². The van der Waals surface area contributed by atoms with Gasteiger partial charge in [-0.1, -0.05) is 12.1 Å². The van der Waals surface area contributed by atoms with Crippen molar-refractivity contribution in [1.29, 1.82) is 0 Å². The second kappa shape index (κ2) is 7.41. The van der Waals surface area contributed by atoms with Gasteiger partial charge in [0.25, 0.3) is 0 Å². The zero-order chi connectivity index (χ0) is 15.1. The molecule has 0 atom stereocenters. The lowest BCUT2D eigenvalue weighted by Crippen LogP contribution is -2.14. The second-order valence-corrected chi connectivity index (χ2v) is 4.69. The molecule has 0 spiro atoms. The Balaban J connectivity index is 2.09. The van der Waals surface area contributed by atoms with Gasteiger partial charge in [-0.15, -0.1) is 0 Å². The van der Waals surface area contributed by atoms with Gasteiger partial charge < -0.3 is 19.9 Å². The van der Waals surface area contributed by atoms with E-state index < -0.39 is 0 Å². The first kappa shape index (κ1) is 15.0. The summed E-state index contributed by atoms with van der Waals surface area (Å²) in [4.78, 5) is 12.7. The average Bonchev–Trinajstić information content (AvgIpc) is 2.95. The standard InChI is InChI=1S/C13H20N6O2/c1-4-6-14-11-17-12(15-8-10-5-7-16-21-10)19-13(18-11)20-9(2)3/h5,7,9H,4,6,8H2,1-3H3,(H2,14,15,17,18,19). The van der Waals surface area contributed by atoms with Crippen molar-refractivity contribution in [3.05, 3.63) is 18.0 Å². The Morgan fingerprint density at radius 3 is 2.57 bits per heavy atom. The molecule has 2 heterocycles. The molecule has 114 valence electrons. The summed E-state index contributed by atoms with van der Waals surface area (Å²) in [5, 5.41) is 9.83. The first-order valence-electron chi connectivity index (χ1n) is 6.97. The molecule has 0 aromatic carbocycles. The van der Waals surface area contributed by atoms with Crippen LogP contribution in [0, 0.1) is 0 Å². The van der Waals surface area contributed by atoms with Gasteiger partial charge in [-0.3, -0.25) is 0 Å². The maximum absolute atomic E-state index is 5.53. The van der Waals surface area contributed by atoms with Crippen molar-refractivity contribution in [2.24, 2.45) is 0 Å². The highest BCUT2D eigenvalue weighted by Gasteiger charge is 2.09. The third-order valence-electron chi connectivity index (χ3n) is 2.40. The summed E-state index contributed by atoms with van der Waals surface area (Å²) < 4.78 is 10.5. The molecule has 0 amide bonds. The third-order valence-corrected chi connectivity index (χ3v) is 2.40. The van der Waals surface area contributed by atoms with E-state index in [4.69, 9.17) is 9.26 Å². The molecule has 0 unspecified atom stereocenters. The molecule has 0 aliphatic carbocycles. The molecule has 0 fully saturated rings. The lowest BCUT2D eigenvalue weighted by atomic mass is 10.4. The van der Waals surface area contributed by atoms with Crippen molar-refractivity contribution in [1.82, 2.24) is 20.1 Å². The molecule has 0 radical (unpaired) electrons. The molecule has 8 nitrogen and oxygen atoms in total. The van der Waals surface area contributed by atoms with Gasteiger partial charge in [-0.2, -0.15) is 15.0 Å². The number of aromatic nitrogens is 4. The Morgan fingerprint density at radius 1 is 1.19 bits per heavy atom. The summed E-state index contributed by atoms with van der Waals surface area (Å²) in [6, 6.07) is 2.06. The van der Waals surface area contributed by atoms with Gasteiger partial charge in [-0.05, 0) is 20.3 Å². The van der Waals surface area contributed by atoms with Crippen LogP contribution < -0.4 is 15.4 Å². The van der Waals surface area contributed by atoms with Gasteiger partial charge in [0.05, 0.1) is 18.8 Å². The first-order valence-corrected chi connectivity index (χ1v) is 6.97. The van der Waals surface area contributed by atoms with E-state index in [1.165, 1.54) is 0 Å². The summed E-state index contributed by atoms with van der Waals surface area (Å²) in [6.45, 7) is 7.14. The van der Waals surface area contributed by atoms with Crippen LogP contribution in [0.2, 0.25) is 0 Å². The van der Waals surface area contributed by atoms with E-state index in [-0.39, 0.29) is 6.10 Å². The normalized spacial score (nSPS) is 10.7. The highest BCUT2D eigenvalue weighted by atomic mass is 16.5. The highest BCUT2D eigenvalue weighted by Crippen LogP contribution is 2.13. The molecule has 21 heavy (non-hydrogen) atoms. The number of anilines is 2. The number of nitrogens with one attached hydrogen (secondary N) is 2. The number of hydrogen-bond donors (Lipinski definition) is 2. The Labute approximate surface area is 123 Å². The fraction of sp³-hybridized carbons (Fsp3) is 0.538. The molecule has 2 aromatic heterocycles. The lowest BCUT2D eigenvalue weighted by Gasteiger charge is -2.11. The molecule has 0 aliphatic rings. The Morgan fingerprint density at radius 2 is 1.95 bits per heavy atom. The van der Waals surface area contributed by atoms with Crippen LogP contribution in [0.15, 0.2) is 16.8 Å². The van der Waals surface area contributed by atoms with Gasteiger partial charge in [0, 0.05) is 12.6 Å². The lowest BCUT2D eigenvalue weighted by molar-refractivity contribution is 0.222. The predicted molar refractivity (Wildman–Crippen MR) is 78.2 cm³/mol. The molecule has 2 rings (SSSR count). The topological polar surface area (TPSA) is 98.0 Å². The largest absolute Gasteiger partial charge is 0.461 e. The predicted octanol–water partition coefficient (Wildman–Crippen LogP) is 2.08. The Hall–Kier alpha value is -2.38. The van der Waals surface area contributed by atoms with Gasteiger partial charge >= 0.3 is 6.01 Å². The summed E-state index contributed by atoms with van der Waals surface area (Å²) in [6.07, 6.45) is 2.56. The minimum Gasteiger partial charge on any atom is -0.461 e. The first-order chi connectivity index (χ1) is 10.2. The van der Waals surface area contributed by atoms with Crippen LogP contribution in [-0.2, 0) is 6.54 Å². The number of rotatable bonds is 8. The quantitative estimate of drug-likeness (QED) is 0.763. The van der Waals surface area contributed by atoms with Crippen molar-refractivity contribution in [2.45, 2.75) is 39.8 Å². The van der Waals surface area contributed by atoms with E-state index in [0.29, 0.717) is 30.2 Å². The van der Waals surface area contributed by atoms with Crippen molar-refractivity contribution in [3.8, 4) is 6.01 Å². The maximum Gasteiger partial charge on any atom is 0.323 e. The average molecular weight is 292 g/mol. The highest BCUT2D eigenvalue weighted by molar-refractivity contribution is 5.36. The zero-order valence-electron chi connectivity index (χ0n) is 12.5. The smallest absolute Gasteiger partial charge is 0.323 e. The molecule has 0 saturated heterocycles. The van der Waals surface area contributed by atoms with E-state index >= 15 is 0 Å². The van der Waals surface area contributed by atoms with Crippen LogP contribution in [-0.4, -0.2) is 32.8 Å². The SMILES string of the molecule is CCCNc1nc(NCc2ccno2)nc(OC(C)C)n1. The molecule has 0 saturated carbocycles. The van der Waals surface area contributed by atoms with E-state index in [2.05, 4.69) is 37.7 Å². The minimum atomic E-state index is -0.00597. The van der Waals surface area contributed by atoms with Gasteiger partial charge in [0.15, 0.2) is 5.76 Å². The van der Waals surface area contributed by atoms with Crippen LogP contribution in [0.1, 0.15) is 33.0 Å². The van der Waals surface area contributed by atoms with Crippen LogP contribution in [0.3, 0.4) is 0 Å². The van der Waals surface area contributed by atoms with Crippen LogP contribution in [0.25, 0.3) is 0 Å². The summed E-state index contributed by atoms with van der Waals surface area (Å²) in [7, 11) is 0. The van der Waals surface area contributed by atoms with Crippen LogP contribution >= 0.6 is 0 Å². The van der Waals surface area contributed by atoms with Crippen LogP contribution in [0.4, 0.5) is 11.9 Å². The maximum atomic E-state index is 5.53. The van der Waals surface area contributed by atoms with Gasteiger partial charge in [-0.25, -0.2) is 0 Å². The Bertz CT molecular complexity index is 544. The molecule has 0 aliphatic heterocycles. The van der Waals surface area contributed by atoms with Crippen molar-refractivity contribution in [2.75, 3.05) is 17.2 Å². The summed E-state index contributed by atoms with van der Waals surface area (Å²) in [5.41, 5.74) is 0. The van der Waals surface area contributed by atoms with E-state index in [0.717, 1.165) is 13.0 Å². The Kier molecular flexibility index (Phi) is 5.30. The van der Waals surface area contributed by atoms with Crippen molar-refractivity contribution >= 4 is 11.9 Å². The number of hydrogen-bond acceptors (Lipinski definition) is 8. The molecule has 0 bridgehead atoms. The fourth-order valence-electron chi connectivity index (χ4n) is 1.51. The molecule has 2 N–H and O–H groups in total. The second-order valence-electron chi connectivity index (χ2n) is 4.69. The molecule has 8 heteroatoms. The number of nitrogens with zero attached hydrogens (tertiary/aromatic N) is 4. The van der Waals surface area contributed by atoms with Crippen LogP contribution in [0.5, 0.6) is 6.01 Å². The summed E-state index contributed by atoms with van der Waals surface area (Å²) >= 11 is 0. The van der Waals surface area contributed by atoms with E-state index in [1.54, 1.807) is 12.3 Å². The minimum absolute atomic E-state index is 0.00597. The van der Waals surface area contributed by atoms with E-state index in [9.17, 15) is 0 Å².